The highest BCUT2D eigenvalue weighted by Gasteiger charge is 2.16. The lowest BCUT2D eigenvalue weighted by Crippen LogP contribution is -2.29. The molecule has 1 fully saturated rings. The van der Waals surface area contributed by atoms with Gasteiger partial charge in [-0.25, -0.2) is 4.39 Å². The van der Waals surface area contributed by atoms with Gasteiger partial charge in [-0.2, -0.15) is 15.0 Å². The Morgan fingerprint density at radius 1 is 0.881 bits per heavy atom. The zero-order valence-electron chi connectivity index (χ0n) is 23.9. The first-order valence-electron chi connectivity index (χ1n) is 14.6. The number of carbonyl (C=O) groups excluding carboxylic acids is 1. The summed E-state index contributed by atoms with van der Waals surface area (Å²) < 4.78 is 24.3. The molecular formula is C30H41FN8O3. The van der Waals surface area contributed by atoms with E-state index in [1.807, 2.05) is 30.3 Å². The van der Waals surface area contributed by atoms with Crippen LogP contribution in [0.2, 0.25) is 0 Å². The number of benzene rings is 2. The summed E-state index contributed by atoms with van der Waals surface area (Å²) in [7, 11) is 0. The van der Waals surface area contributed by atoms with E-state index in [-0.39, 0.29) is 18.1 Å². The minimum atomic E-state index is -0.290. The van der Waals surface area contributed by atoms with Gasteiger partial charge in [-0.15, -0.1) is 0 Å². The number of nitrogens with two attached hydrogens (primary N) is 1. The lowest BCUT2D eigenvalue weighted by molar-refractivity contribution is -0.120. The molecule has 0 saturated heterocycles. The van der Waals surface area contributed by atoms with E-state index in [0.29, 0.717) is 69.9 Å². The first kappa shape index (κ1) is 31.1. The van der Waals surface area contributed by atoms with Crippen molar-refractivity contribution in [1.29, 1.82) is 0 Å². The Bertz CT molecular complexity index is 1240. The first-order chi connectivity index (χ1) is 20.6. The van der Waals surface area contributed by atoms with Crippen molar-refractivity contribution in [2.75, 3.05) is 55.5 Å². The monoisotopic (exact) mass is 580 g/mol. The van der Waals surface area contributed by atoms with Gasteiger partial charge in [0.25, 0.3) is 0 Å². The van der Waals surface area contributed by atoms with Crippen LogP contribution in [0.1, 0.15) is 43.2 Å². The molecule has 6 N–H and O–H groups in total. The number of nitrogens with one attached hydrogen (secondary N) is 4. The number of aromatic nitrogens is 3. The molecular weight excluding hydrogens is 539 g/mol. The van der Waals surface area contributed by atoms with Crippen LogP contribution in [-0.4, -0.2) is 66.4 Å². The van der Waals surface area contributed by atoms with Gasteiger partial charge in [-0.05, 0) is 48.2 Å². The van der Waals surface area contributed by atoms with Gasteiger partial charge in [0.15, 0.2) is 0 Å². The molecule has 0 radical (unpaired) electrons. The van der Waals surface area contributed by atoms with E-state index in [4.69, 9.17) is 15.2 Å². The summed E-state index contributed by atoms with van der Waals surface area (Å²) in [6, 6.07) is 14.3. The van der Waals surface area contributed by atoms with E-state index < -0.39 is 0 Å². The van der Waals surface area contributed by atoms with Crippen molar-refractivity contribution < 1.29 is 18.7 Å². The predicted molar refractivity (Wildman–Crippen MR) is 161 cm³/mol. The Kier molecular flexibility index (Phi) is 12.7. The molecule has 0 atom stereocenters. The van der Waals surface area contributed by atoms with Crippen LogP contribution in [0.3, 0.4) is 0 Å². The van der Waals surface area contributed by atoms with Crippen LogP contribution in [-0.2, 0) is 27.2 Å². The largest absolute Gasteiger partial charge is 0.378 e. The Labute approximate surface area is 246 Å². The number of ether oxygens (including phenoxy) is 2. The molecule has 4 rings (SSSR count). The van der Waals surface area contributed by atoms with Crippen molar-refractivity contribution in [3.8, 4) is 0 Å². The molecule has 1 amide bonds. The van der Waals surface area contributed by atoms with Crippen LogP contribution in [0.4, 0.5) is 27.9 Å². The third-order valence-electron chi connectivity index (χ3n) is 6.69. The second-order valence-corrected chi connectivity index (χ2v) is 10.1. The van der Waals surface area contributed by atoms with Crippen molar-refractivity contribution in [2.24, 2.45) is 5.73 Å². The van der Waals surface area contributed by atoms with Crippen LogP contribution < -0.4 is 27.0 Å². The third-order valence-corrected chi connectivity index (χ3v) is 6.69. The summed E-state index contributed by atoms with van der Waals surface area (Å²) >= 11 is 0. The maximum absolute atomic E-state index is 13.6. The molecule has 42 heavy (non-hydrogen) atoms. The Morgan fingerprint density at radius 2 is 1.62 bits per heavy atom. The molecule has 1 aliphatic carbocycles. The molecule has 0 aliphatic heterocycles. The number of nitrogens with zero attached hydrogens (tertiary/aromatic N) is 3. The highest BCUT2D eigenvalue weighted by molar-refractivity contribution is 5.78. The Balaban J connectivity index is 1.31. The number of rotatable bonds is 17. The van der Waals surface area contributed by atoms with Gasteiger partial charge in [-0.3, -0.25) is 4.79 Å². The maximum Gasteiger partial charge on any atom is 0.233 e. The van der Waals surface area contributed by atoms with Crippen LogP contribution in [0.25, 0.3) is 0 Å². The van der Waals surface area contributed by atoms with E-state index in [9.17, 15) is 9.18 Å². The lowest BCUT2D eigenvalue weighted by Gasteiger charge is -2.23. The summed E-state index contributed by atoms with van der Waals surface area (Å²) in [5, 5.41) is 12.7. The van der Waals surface area contributed by atoms with Crippen molar-refractivity contribution in [3.63, 3.8) is 0 Å². The number of anilines is 4. The standard InChI is InChI=1S/C30H41FN8O3/c31-24-6-4-5-23(19-24)21-34-28-37-29(35-25-7-2-1-3-8-25)39-30(38-28)36-26-11-9-22(10-12-26)20-27(40)33-14-16-42-18-17-41-15-13-32/h4-6,9-12,19,25H,1-3,7-8,13-18,20-21,32H2,(H,33,40)(H3,34,35,36,37,38,39). The highest BCUT2D eigenvalue weighted by Crippen LogP contribution is 2.22. The number of hydrogen-bond acceptors (Lipinski definition) is 10. The fourth-order valence-corrected chi connectivity index (χ4v) is 4.58. The zero-order valence-corrected chi connectivity index (χ0v) is 23.9. The number of amides is 1. The fraction of sp³-hybridized carbons (Fsp3) is 0.467. The first-order valence-corrected chi connectivity index (χ1v) is 14.6. The normalized spacial score (nSPS) is 13.5. The van der Waals surface area contributed by atoms with Crippen LogP contribution >= 0.6 is 0 Å². The second kappa shape index (κ2) is 17.2. The molecule has 2 aromatic carbocycles. The van der Waals surface area contributed by atoms with Crippen LogP contribution in [0.5, 0.6) is 0 Å². The van der Waals surface area contributed by atoms with Gasteiger partial charge in [0, 0.05) is 31.4 Å². The molecule has 1 aromatic heterocycles. The molecule has 1 heterocycles. The fourth-order valence-electron chi connectivity index (χ4n) is 4.58. The highest BCUT2D eigenvalue weighted by atomic mass is 19.1. The van der Waals surface area contributed by atoms with Crippen molar-refractivity contribution in [2.45, 2.75) is 51.1 Å². The van der Waals surface area contributed by atoms with E-state index in [2.05, 4.69) is 36.2 Å². The molecule has 1 saturated carbocycles. The minimum absolute atomic E-state index is 0.0800. The van der Waals surface area contributed by atoms with Gasteiger partial charge in [-0.1, -0.05) is 43.5 Å². The van der Waals surface area contributed by atoms with Gasteiger partial charge < -0.3 is 36.5 Å². The molecule has 1 aliphatic rings. The Morgan fingerprint density at radius 3 is 2.38 bits per heavy atom. The van der Waals surface area contributed by atoms with E-state index in [1.54, 1.807) is 6.07 Å². The molecule has 0 unspecified atom stereocenters. The topological polar surface area (TPSA) is 148 Å². The molecule has 226 valence electrons. The van der Waals surface area contributed by atoms with Gasteiger partial charge in [0.2, 0.25) is 23.8 Å². The Hall–Kier alpha value is -3.87. The summed E-state index contributed by atoms with van der Waals surface area (Å²) in [5.74, 6) is 0.881. The molecule has 12 heteroatoms. The van der Waals surface area contributed by atoms with Crippen LogP contribution in [0, 0.1) is 5.82 Å². The van der Waals surface area contributed by atoms with Crippen molar-refractivity contribution in [3.05, 3.63) is 65.5 Å². The van der Waals surface area contributed by atoms with E-state index in [0.717, 1.165) is 29.7 Å². The SMILES string of the molecule is NCCOCCOCCNC(=O)Cc1ccc(Nc2nc(NCc3cccc(F)c3)nc(NC3CCCCC3)n2)cc1. The van der Waals surface area contributed by atoms with Gasteiger partial charge in [0.05, 0.1) is 32.8 Å². The molecule has 3 aromatic rings. The molecule has 11 nitrogen and oxygen atoms in total. The predicted octanol–water partition coefficient (Wildman–Crippen LogP) is 3.76. The summed E-state index contributed by atoms with van der Waals surface area (Å²) in [6.07, 6.45) is 6.03. The molecule has 0 spiro atoms. The summed E-state index contributed by atoms with van der Waals surface area (Å²) in [5.41, 5.74) is 7.80. The van der Waals surface area contributed by atoms with Crippen molar-refractivity contribution in [1.82, 2.24) is 20.3 Å². The van der Waals surface area contributed by atoms with E-state index in [1.165, 1.54) is 31.4 Å². The smallest absolute Gasteiger partial charge is 0.233 e. The molecule has 0 bridgehead atoms. The van der Waals surface area contributed by atoms with Crippen molar-refractivity contribution >= 4 is 29.4 Å². The van der Waals surface area contributed by atoms with Crippen LogP contribution in [0.15, 0.2) is 48.5 Å². The third kappa shape index (κ3) is 11.2. The van der Waals surface area contributed by atoms with Gasteiger partial charge >= 0.3 is 0 Å². The maximum atomic E-state index is 13.6. The summed E-state index contributed by atoms with van der Waals surface area (Å²) in [6.45, 7) is 3.18. The lowest BCUT2D eigenvalue weighted by atomic mass is 9.96. The number of halogens is 1. The average molecular weight is 581 g/mol. The van der Waals surface area contributed by atoms with E-state index >= 15 is 0 Å². The quantitative estimate of drug-likeness (QED) is 0.149. The zero-order chi connectivity index (χ0) is 29.4. The number of carbonyl (C=O) groups is 1. The number of hydrogen-bond donors (Lipinski definition) is 5. The second-order valence-electron chi connectivity index (χ2n) is 10.1. The van der Waals surface area contributed by atoms with Gasteiger partial charge in [0.1, 0.15) is 5.82 Å². The average Bonchev–Trinajstić information content (AvgIpc) is 2.99. The summed E-state index contributed by atoms with van der Waals surface area (Å²) in [4.78, 5) is 26.0. The minimum Gasteiger partial charge on any atom is -0.378 e.